The van der Waals surface area contributed by atoms with E-state index in [9.17, 15) is 0 Å². The molecule has 1 saturated carbocycles. The third-order valence-corrected chi connectivity index (χ3v) is 7.70. The second-order valence-corrected chi connectivity index (χ2v) is 8.51. The van der Waals surface area contributed by atoms with E-state index in [1.807, 2.05) is 17.3 Å². The van der Waals surface area contributed by atoms with Crippen LogP contribution in [0.3, 0.4) is 0 Å². The maximum atomic E-state index is 5.42. The Hall–Kier alpha value is -1.31. The van der Waals surface area contributed by atoms with Gasteiger partial charge in [-0.25, -0.2) is 0 Å². The van der Waals surface area contributed by atoms with Crippen LogP contribution >= 0.6 is 0 Å². The van der Waals surface area contributed by atoms with Crippen molar-refractivity contribution in [1.82, 2.24) is 5.16 Å². The standard InChI is InChI=1S/C21H27NO/c1-3-21(2)9-8-17-15-5-4-13-11-20-14(12-22-23-20)10-18(13)16(15)6-7-19(17)21/h11-12,15-16,18H,3-10H2,1-2H3/t15-,16+,18+,21-/m1/s1. The number of nitrogens with zero attached hydrogens (tertiary/aromatic N) is 1. The summed E-state index contributed by atoms with van der Waals surface area (Å²) in [5, 5.41) is 4.02. The summed E-state index contributed by atoms with van der Waals surface area (Å²) < 4.78 is 5.42. The zero-order valence-electron chi connectivity index (χ0n) is 14.4. The van der Waals surface area contributed by atoms with Gasteiger partial charge in [0.25, 0.3) is 0 Å². The van der Waals surface area contributed by atoms with Crippen molar-refractivity contribution in [1.29, 1.82) is 0 Å². The van der Waals surface area contributed by atoms with Gasteiger partial charge in [-0.15, -0.1) is 0 Å². The van der Waals surface area contributed by atoms with E-state index >= 15 is 0 Å². The summed E-state index contributed by atoms with van der Waals surface area (Å²) in [7, 11) is 0. The number of hydrogen-bond donors (Lipinski definition) is 0. The van der Waals surface area contributed by atoms with E-state index in [-0.39, 0.29) is 0 Å². The van der Waals surface area contributed by atoms with Gasteiger partial charge >= 0.3 is 0 Å². The van der Waals surface area contributed by atoms with E-state index in [0.29, 0.717) is 5.41 Å². The van der Waals surface area contributed by atoms with E-state index in [0.717, 1.165) is 23.5 Å². The number of hydrogen-bond acceptors (Lipinski definition) is 2. The topological polar surface area (TPSA) is 26.0 Å². The fraction of sp³-hybridized carbons (Fsp3) is 0.667. The fourth-order valence-corrected chi connectivity index (χ4v) is 6.19. The predicted octanol–water partition coefficient (Wildman–Crippen LogP) is 5.56. The SMILES string of the molecule is CC[C@]1(C)CCC2=C1CC[C@@H]1[C@H]3Cc4cnoc4C=C3CC[C@@H]21. The maximum Gasteiger partial charge on any atom is 0.162 e. The summed E-state index contributed by atoms with van der Waals surface area (Å²) in [5.74, 6) is 3.53. The molecule has 0 N–H and O–H groups in total. The van der Waals surface area contributed by atoms with E-state index in [4.69, 9.17) is 4.52 Å². The first-order chi connectivity index (χ1) is 11.2. The third-order valence-electron chi connectivity index (χ3n) is 7.70. The second kappa shape index (κ2) is 4.84. The Morgan fingerprint density at radius 1 is 1.22 bits per heavy atom. The van der Waals surface area contributed by atoms with Gasteiger partial charge in [0.2, 0.25) is 0 Å². The van der Waals surface area contributed by atoms with Gasteiger partial charge in [0.05, 0.1) is 6.20 Å². The minimum atomic E-state index is 0.518. The quantitative estimate of drug-likeness (QED) is 0.635. The first-order valence-corrected chi connectivity index (χ1v) is 9.56. The van der Waals surface area contributed by atoms with Crippen LogP contribution in [0.25, 0.3) is 6.08 Å². The van der Waals surface area contributed by atoms with Gasteiger partial charge in [-0.05, 0) is 80.6 Å². The Bertz CT molecular complexity index is 709. The molecule has 0 bridgehead atoms. The van der Waals surface area contributed by atoms with Crippen molar-refractivity contribution in [3.8, 4) is 0 Å². The van der Waals surface area contributed by atoms with Gasteiger partial charge in [0.15, 0.2) is 5.76 Å². The molecule has 2 heteroatoms. The lowest BCUT2D eigenvalue weighted by Gasteiger charge is -2.46. The average molecular weight is 309 g/mol. The summed E-state index contributed by atoms with van der Waals surface area (Å²) in [6, 6.07) is 0. The molecule has 1 aromatic rings. The summed E-state index contributed by atoms with van der Waals surface area (Å²) in [4.78, 5) is 0. The van der Waals surface area contributed by atoms with Crippen LogP contribution in [-0.4, -0.2) is 5.16 Å². The molecule has 0 unspecified atom stereocenters. The van der Waals surface area contributed by atoms with Gasteiger partial charge in [0, 0.05) is 5.56 Å². The van der Waals surface area contributed by atoms with Gasteiger partial charge < -0.3 is 4.52 Å². The smallest absolute Gasteiger partial charge is 0.162 e. The lowest BCUT2D eigenvalue weighted by Crippen LogP contribution is -2.36. The van der Waals surface area contributed by atoms with Crippen molar-refractivity contribution in [3.05, 3.63) is 34.2 Å². The van der Waals surface area contributed by atoms with Crippen molar-refractivity contribution in [2.45, 2.75) is 65.2 Å². The fourth-order valence-electron chi connectivity index (χ4n) is 6.19. The third kappa shape index (κ3) is 1.90. The summed E-state index contributed by atoms with van der Waals surface area (Å²) in [6.07, 6.45) is 14.9. The molecule has 122 valence electrons. The van der Waals surface area contributed by atoms with Crippen LogP contribution in [0.4, 0.5) is 0 Å². The van der Waals surface area contributed by atoms with E-state index in [1.165, 1.54) is 56.9 Å². The van der Waals surface area contributed by atoms with Crippen LogP contribution in [0.5, 0.6) is 0 Å². The number of aromatic nitrogens is 1. The Morgan fingerprint density at radius 2 is 2.13 bits per heavy atom. The Labute approximate surface area is 139 Å². The Balaban J connectivity index is 1.50. The first-order valence-electron chi connectivity index (χ1n) is 9.56. The molecule has 0 aliphatic heterocycles. The highest BCUT2D eigenvalue weighted by atomic mass is 16.5. The van der Waals surface area contributed by atoms with Gasteiger partial charge in [-0.2, -0.15) is 0 Å². The summed E-state index contributed by atoms with van der Waals surface area (Å²) in [5.41, 5.74) is 7.26. The van der Waals surface area contributed by atoms with Crippen molar-refractivity contribution in [2.75, 3.05) is 0 Å². The minimum Gasteiger partial charge on any atom is -0.357 e. The van der Waals surface area contributed by atoms with Crippen LogP contribution in [0.1, 0.15) is 70.1 Å². The van der Waals surface area contributed by atoms with Gasteiger partial charge in [-0.1, -0.05) is 35.7 Å². The Morgan fingerprint density at radius 3 is 3.00 bits per heavy atom. The highest BCUT2D eigenvalue weighted by Crippen LogP contribution is 2.59. The molecular formula is C21H27NO. The Kier molecular flexibility index (Phi) is 2.96. The molecule has 0 radical (unpaired) electrons. The van der Waals surface area contributed by atoms with Crippen molar-refractivity contribution >= 4 is 6.08 Å². The lowest BCUT2D eigenvalue weighted by atomic mass is 9.59. The first kappa shape index (κ1) is 14.1. The van der Waals surface area contributed by atoms with Crippen molar-refractivity contribution in [3.63, 3.8) is 0 Å². The van der Waals surface area contributed by atoms with Crippen LogP contribution < -0.4 is 0 Å². The summed E-state index contributed by atoms with van der Waals surface area (Å²) >= 11 is 0. The van der Waals surface area contributed by atoms with Crippen LogP contribution in [0.15, 0.2) is 27.4 Å². The monoisotopic (exact) mass is 309 g/mol. The molecule has 1 aromatic heterocycles. The number of rotatable bonds is 1. The van der Waals surface area contributed by atoms with Crippen LogP contribution in [-0.2, 0) is 6.42 Å². The van der Waals surface area contributed by atoms with Crippen molar-refractivity contribution in [2.24, 2.45) is 23.2 Å². The van der Waals surface area contributed by atoms with E-state index in [2.05, 4.69) is 25.1 Å². The van der Waals surface area contributed by atoms with Crippen LogP contribution in [0, 0.1) is 23.2 Å². The molecule has 5 rings (SSSR count). The molecular weight excluding hydrogens is 282 g/mol. The summed E-state index contributed by atoms with van der Waals surface area (Å²) in [6.45, 7) is 4.91. The van der Waals surface area contributed by atoms with Crippen LogP contribution in [0.2, 0.25) is 0 Å². The molecule has 0 aromatic carbocycles. The van der Waals surface area contributed by atoms with Crippen molar-refractivity contribution < 1.29 is 4.52 Å². The normalized spacial score (nSPS) is 38.5. The molecule has 4 atom stereocenters. The number of fused-ring (bicyclic) bond motifs is 5. The van der Waals surface area contributed by atoms with E-state index < -0.39 is 0 Å². The van der Waals surface area contributed by atoms with E-state index in [1.54, 1.807) is 5.57 Å². The predicted molar refractivity (Wildman–Crippen MR) is 91.8 cm³/mol. The highest BCUT2D eigenvalue weighted by molar-refractivity contribution is 5.56. The lowest BCUT2D eigenvalue weighted by molar-refractivity contribution is 0.196. The van der Waals surface area contributed by atoms with Gasteiger partial charge in [-0.3, -0.25) is 0 Å². The molecule has 0 spiro atoms. The zero-order chi connectivity index (χ0) is 15.6. The second-order valence-electron chi connectivity index (χ2n) is 8.51. The average Bonchev–Trinajstić information content (AvgIpc) is 3.17. The molecule has 0 saturated heterocycles. The zero-order valence-corrected chi connectivity index (χ0v) is 14.4. The molecule has 2 nitrogen and oxygen atoms in total. The molecule has 4 aliphatic carbocycles. The molecule has 23 heavy (non-hydrogen) atoms. The molecule has 1 fully saturated rings. The number of allylic oxidation sites excluding steroid dienone is 3. The molecule has 0 amide bonds. The molecule has 1 heterocycles. The molecule has 4 aliphatic rings. The van der Waals surface area contributed by atoms with Gasteiger partial charge in [0.1, 0.15) is 0 Å². The largest absolute Gasteiger partial charge is 0.357 e. The maximum absolute atomic E-state index is 5.42. The minimum absolute atomic E-state index is 0.518. The highest BCUT2D eigenvalue weighted by Gasteiger charge is 2.47.